The van der Waals surface area contributed by atoms with E-state index in [9.17, 15) is 15.0 Å². The zero-order chi connectivity index (χ0) is 42.0. The summed E-state index contributed by atoms with van der Waals surface area (Å²) in [5.74, 6) is 0.154. The van der Waals surface area contributed by atoms with Gasteiger partial charge in [0, 0.05) is 12.0 Å². The highest BCUT2D eigenvalue weighted by Crippen LogP contribution is 2.63. The third-order valence-electron chi connectivity index (χ3n) is 13.4. The molecule has 1 rings (SSSR count). The van der Waals surface area contributed by atoms with Crippen molar-refractivity contribution in [3.05, 3.63) is 11.6 Å². The molecule has 2 N–H and O–H groups in total. The van der Waals surface area contributed by atoms with Gasteiger partial charge in [-0.15, -0.1) is 0 Å². The number of hydrogen-bond acceptors (Lipinski definition) is 4. The van der Waals surface area contributed by atoms with Crippen LogP contribution in [0, 0.1) is 16.2 Å². The van der Waals surface area contributed by atoms with E-state index in [1.807, 2.05) is 11.8 Å². The standard InChI is InChI=1S/C51H98O4S/c1-11-14-16-18-20-22-24-25-26-27-28-29-31-33-35-37-40-56-50(10)46(54)44(48(7,8)43-47(4,5)6)41-51(42-45(52)53,49(50,9)38-13-3)55-39-36-34-32-30-23-21-19-17-15-12-2/h41,46,54H,11-40,42-43H2,1-10H3,(H,52,53). The smallest absolute Gasteiger partial charge is 0.306 e. The molecule has 0 fully saturated rings. The van der Waals surface area contributed by atoms with E-state index in [0.717, 1.165) is 49.9 Å². The number of unbranched alkanes of at least 4 members (excludes halogenated alkanes) is 24. The number of carboxylic acid groups (broad SMARTS) is 1. The van der Waals surface area contributed by atoms with Crippen molar-refractivity contribution >= 4 is 17.7 Å². The van der Waals surface area contributed by atoms with Crippen molar-refractivity contribution in [2.45, 2.75) is 278 Å². The molecule has 4 unspecified atom stereocenters. The molecule has 1 aliphatic rings. The van der Waals surface area contributed by atoms with Crippen LogP contribution in [0.5, 0.6) is 0 Å². The number of thioether (sulfide) groups is 1. The largest absolute Gasteiger partial charge is 0.481 e. The van der Waals surface area contributed by atoms with E-state index in [-0.39, 0.29) is 17.3 Å². The first kappa shape index (κ1) is 53.5. The van der Waals surface area contributed by atoms with Crippen LogP contribution in [0.25, 0.3) is 0 Å². The Bertz CT molecular complexity index is 1030. The average Bonchev–Trinajstić information content (AvgIpc) is 3.11. The summed E-state index contributed by atoms with van der Waals surface area (Å²) in [6.45, 7) is 23.1. The van der Waals surface area contributed by atoms with Gasteiger partial charge in [0.15, 0.2) is 0 Å². The Hall–Kier alpha value is -0.520. The Morgan fingerprint density at radius 2 is 1.04 bits per heavy atom. The molecule has 0 aromatic rings. The topological polar surface area (TPSA) is 66.8 Å². The minimum atomic E-state index is -0.992. The van der Waals surface area contributed by atoms with Crippen molar-refractivity contribution in [1.29, 1.82) is 0 Å². The number of ether oxygens (including phenoxy) is 1. The molecule has 1 aliphatic carbocycles. The summed E-state index contributed by atoms with van der Waals surface area (Å²) in [7, 11) is 0. The van der Waals surface area contributed by atoms with Crippen molar-refractivity contribution in [3.63, 3.8) is 0 Å². The van der Waals surface area contributed by atoms with E-state index >= 15 is 0 Å². The molecular weight excluding hydrogens is 709 g/mol. The maximum atomic E-state index is 12.9. The van der Waals surface area contributed by atoms with Crippen molar-refractivity contribution in [2.24, 2.45) is 16.2 Å². The molecule has 5 heteroatoms. The minimum Gasteiger partial charge on any atom is -0.481 e. The van der Waals surface area contributed by atoms with Gasteiger partial charge >= 0.3 is 5.97 Å². The first-order valence-electron chi connectivity index (χ1n) is 24.5. The summed E-state index contributed by atoms with van der Waals surface area (Å²) in [5, 5.41) is 23.2. The van der Waals surface area contributed by atoms with Crippen LogP contribution in [0.15, 0.2) is 11.6 Å². The normalized spacial score (nSPS) is 23.1. The molecule has 0 heterocycles. The zero-order valence-corrected chi connectivity index (χ0v) is 40.2. The molecular formula is C51H98O4S. The third kappa shape index (κ3) is 19.2. The summed E-state index contributed by atoms with van der Waals surface area (Å²) in [4.78, 5) is 12.9. The molecule has 0 amide bonds. The highest BCUT2D eigenvalue weighted by Gasteiger charge is 2.65. The van der Waals surface area contributed by atoms with Gasteiger partial charge in [0.1, 0.15) is 5.60 Å². The van der Waals surface area contributed by atoms with Gasteiger partial charge in [0.05, 0.1) is 17.3 Å². The lowest BCUT2D eigenvalue weighted by atomic mass is 9.52. The molecule has 56 heavy (non-hydrogen) atoms. The SMILES string of the molecule is CCCCCCCCCCCCCCCCCCSC1(C)C(O)C(C(C)(C)CC(C)(C)C)=CC(CC(=O)O)(OCCCCCCCCCCCC)C1(C)CCC. The maximum absolute atomic E-state index is 12.9. The molecule has 0 aromatic heterocycles. The minimum absolute atomic E-state index is 0.0532. The van der Waals surface area contributed by atoms with Gasteiger partial charge in [0.2, 0.25) is 0 Å². The number of aliphatic carboxylic acids is 1. The Morgan fingerprint density at radius 3 is 1.41 bits per heavy atom. The molecule has 0 bridgehead atoms. The summed E-state index contributed by atoms with van der Waals surface area (Å²) in [6, 6.07) is 0. The van der Waals surface area contributed by atoms with Crippen molar-refractivity contribution in [3.8, 4) is 0 Å². The second-order valence-electron chi connectivity index (χ2n) is 20.5. The highest BCUT2D eigenvalue weighted by molar-refractivity contribution is 8.00. The fourth-order valence-corrected chi connectivity index (χ4v) is 11.9. The lowest BCUT2D eigenvalue weighted by molar-refractivity contribution is -0.166. The van der Waals surface area contributed by atoms with Gasteiger partial charge in [-0.1, -0.05) is 223 Å². The molecule has 0 radical (unpaired) electrons. The fraction of sp³-hybridized carbons (Fsp3) is 0.941. The van der Waals surface area contributed by atoms with Gasteiger partial charge in [-0.2, -0.15) is 11.8 Å². The second kappa shape index (κ2) is 28.9. The van der Waals surface area contributed by atoms with Crippen LogP contribution in [-0.4, -0.2) is 45.0 Å². The van der Waals surface area contributed by atoms with Crippen molar-refractivity contribution in [2.75, 3.05) is 12.4 Å². The van der Waals surface area contributed by atoms with Crippen LogP contribution in [0.3, 0.4) is 0 Å². The molecule has 0 spiro atoms. The monoisotopic (exact) mass is 807 g/mol. The molecule has 0 saturated heterocycles. The molecule has 332 valence electrons. The van der Waals surface area contributed by atoms with E-state index in [2.05, 4.69) is 75.3 Å². The van der Waals surface area contributed by atoms with Crippen molar-refractivity contribution < 1.29 is 19.7 Å². The zero-order valence-electron chi connectivity index (χ0n) is 39.4. The van der Waals surface area contributed by atoms with Crippen LogP contribution < -0.4 is 0 Å². The van der Waals surface area contributed by atoms with Gasteiger partial charge < -0.3 is 14.9 Å². The second-order valence-corrected chi connectivity index (χ2v) is 22.0. The Morgan fingerprint density at radius 1 is 0.643 bits per heavy atom. The molecule has 0 aliphatic heterocycles. The third-order valence-corrected chi connectivity index (χ3v) is 15.2. The van der Waals surface area contributed by atoms with Gasteiger partial charge in [-0.25, -0.2) is 0 Å². The Balaban J connectivity index is 2.98. The van der Waals surface area contributed by atoms with E-state index < -0.39 is 27.8 Å². The fourth-order valence-electron chi connectivity index (χ4n) is 10.2. The van der Waals surface area contributed by atoms with E-state index in [1.165, 1.54) is 148 Å². The molecule has 4 nitrogen and oxygen atoms in total. The quantitative estimate of drug-likeness (QED) is 0.0488. The van der Waals surface area contributed by atoms with Crippen LogP contribution >= 0.6 is 11.8 Å². The van der Waals surface area contributed by atoms with Gasteiger partial charge in [0.25, 0.3) is 0 Å². The Labute approximate surface area is 354 Å². The number of hydrogen-bond donors (Lipinski definition) is 2. The van der Waals surface area contributed by atoms with Crippen LogP contribution in [0.1, 0.15) is 262 Å². The van der Waals surface area contributed by atoms with Crippen LogP contribution in [-0.2, 0) is 9.53 Å². The average molecular weight is 807 g/mol. The summed E-state index contributed by atoms with van der Waals surface area (Å²) in [6.07, 6.45) is 38.3. The van der Waals surface area contributed by atoms with Gasteiger partial charge in [-0.3, -0.25) is 4.79 Å². The predicted octanol–water partition coefficient (Wildman–Crippen LogP) is 16.5. The van der Waals surface area contributed by atoms with Crippen LogP contribution in [0.4, 0.5) is 0 Å². The predicted molar refractivity (Wildman–Crippen MR) is 248 cm³/mol. The molecule has 0 saturated carbocycles. The Kier molecular flexibility index (Phi) is 27.6. The maximum Gasteiger partial charge on any atom is 0.306 e. The first-order valence-corrected chi connectivity index (χ1v) is 25.5. The summed E-state index contributed by atoms with van der Waals surface area (Å²) < 4.78 is 6.48. The van der Waals surface area contributed by atoms with E-state index in [1.54, 1.807) is 0 Å². The lowest BCUT2D eigenvalue weighted by Gasteiger charge is -2.62. The van der Waals surface area contributed by atoms with E-state index in [0.29, 0.717) is 6.61 Å². The summed E-state index contributed by atoms with van der Waals surface area (Å²) >= 11 is 1.90. The number of rotatable bonds is 36. The van der Waals surface area contributed by atoms with Gasteiger partial charge in [-0.05, 0) is 60.8 Å². The van der Waals surface area contributed by atoms with Crippen LogP contribution in [0.2, 0.25) is 0 Å². The number of carboxylic acids is 1. The first-order chi connectivity index (χ1) is 26.6. The highest BCUT2D eigenvalue weighted by atomic mass is 32.2. The number of carbonyl (C=O) groups is 1. The molecule has 0 aromatic carbocycles. The van der Waals surface area contributed by atoms with Crippen molar-refractivity contribution in [1.82, 2.24) is 0 Å². The summed E-state index contributed by atoms with van der Waals surface area (Å²) in [5.41, 5.74) is -0.837. The lowest BCUT2D eigenvalue weighted by Crippen LogP contribution is -2.67. The number of aliphatic hydroxyl groups is 1. The molecule has 4 atom stereocenters. The van der Waals surface area contributed by atoms with E-state index in [4.69, 9.17) is 4.74 Å². The number of aliphatic hydroxyl groups excluding tert-OH is 1.